The van der Waals surface area contributed by atoms with Gasteiger partial charge in [0.05, 0.1) is 33.8 Å². The van der Waals surface area contributed by atoms with E-state index in [4.69, 9.17) is 11.6 Å². The van der Waals surface area contributed by atoms with Crippen molar-refractivity contribution in [2.75, 3.05) is 0 Å². The number of carbonyl (C=O) groups excluding carboxylic acids is 1. The first-order chi connectivity index (χ1) is 20.8. The topological polar surface area (TPSA) is 95.1 Å². The van der Waals surface area contributed by atoms with Crippen molar-refractivity contribution >= 4 is 46.1 Å². The molecule has 1 heterocycles. The van der Waals surface area contributed by atoms with Gasteiger partial charge in [-0.15, -0.1) is 0 Å². The van der Waals surface area contributed by atoms with Gasteiger partial charge in [0.1, 0.15) is 0 Å². The maximum Gasteiger partial charge on any atom is 0.335 e. The Kier molecular flexibility index (Phi) is 6.76. The molecule has 2 N–H and O–H groups in total. The number of nitrogens with one attached hydrogen (secondary N) is 1. The predicted octanol–water partition coefficient (Wildman–Crippen LogP) is 8.44. The number of hydrogen-bond donors (Lipinski definition) is 2. The molecule has 2 fully saturated rings. The Balaban J connectivity index is 1.36. The van der Waals surface area contributed by atoms with Crippen LogP contribution in [0.15, 0.2) is 101 Å². The molecule has 6 nitrogen and oxygen atoms in total. The average Bonchev–Trinajstić information content (AvgIpc) is 3.96. The Bertz CT molecular complexity index is 1970. The molecular formula is C35H26ClN3O3S. The van der Waals surface area contributed by atoms with Crippen LogP contribution < -0.4 is 5.32 Å². The van der Waals surface area contributed by atoms with Gasteiger partial charge >= 0.3 is 5.97 Å². The van der Waals surface area contributed by atoms with Crippen molar-refractivity contribution < 1.29 is 14.7 Å². The first kappa shape index (κ1) is 27.3. The second kappa shape index (κ2) is 10.6. The number of hydrogen-bond acceptors (Lipinski definition) is 4. The maximum atomic E-state index is 14.3. The highest BCUT2D eigenvalue weighted by atomic mass is 35.5. The molecular weight excluding hydrogens is 578 g/mol. The number of nitrogens with zero attached hydrogens (tertiary/aromatic N) is 2. The van der Waals surface area contributed by atoms with E-state index in [1.165, 1.54) is 0 Å². The molecule has 0 radical (unpaired) electrons. The van der Waals surface area contributed by atoms with E-state index in [2.05, 4.69) is 28.2 Å². The smallest absolute Gasteiger partial charge is 0.335 e. The van der Waals surface area contributed by atoms with Crippen LogP contribution in [0.4, 0.5) is 0 Å². The fourth-order valence-electron chi connectivity index (χ4n) is 5.68. The number of benzene rings is 4. The summed E-state index contributed by atoms with van der Waals surface area (Å²) in [6.07, 6.45) is 5.85. The standard InChI is InChI=1S/C35H26ClN3O3S/c36-26-5-2-6-28(18-26)43-31-20-39(27-11-12-27)30-17-24(23-4-1-3-21(15-23)19-37)16-29(32(30)31)33(40)38-35(13-14-35)25-9-7-22(8-10-25)34(41)42/h1-10,15-18,20,27H,11-14H2,(H,38,40)(H,41,42). The van der Waals surface area contributed by atoms with Gasteiger partial charge in [-0.25, -0.2) is 4.79 Å². The number of carbonyl (C=O) groups is 2. The SMILES string of the molecule is N#Cc1cccc(-c2cc(C(=O)NC3(c4ccc(C(=O)O)cc4)CC3)c3c(Sc4cccc(Cl)c4)cn(C4CC4)c3c2)c1. The lowest BCUT2D eigenvalue weighted by Gasteiger charge is -2.20. The quantitative estimate of drug-likeness (QED) is 0.186. The highest BCUT2D eigenvalue weighted by Crippen LogP contribution is 2.48. The largest absolute Gasteiger partial charge is 0.478 e. The number of carboxylic acid groups (broad SMARTS) is 1. The summed E-state index contributed by atoms with van der Waals surface area (Å²) in [7, 11) is 0. The third kappa shape index (κ3) is 5.29. The van der Waals surface area contributed by atoms with Crippen molar-refractivity contribution in [2.24, 2.45) is 0 Å². The van der Waals surface area contributed by atoms with Crippen LogP contribution in [0.1, 0.15) is 63.6 Å². The lowest BCUT2D eigenvalue weighted by molar-refractivity contribution is 0.0696. The summed E-state index contributed by atoms with van der Waals surface area (Å²) < 4.78 is 2.29. The van der Waals surface area contributed by atoms with Crippen LogP contribution in [0, 0.1) is 11.3 Å². The molecule has 7 rings (SSSR count). The zero-order valence-electron chi connectivity index (χ0n) is 23.0. The van der Waals surface area contributed by atoms with E-state index in [1.807, 2.05) is 48.5 Å². The van der Waals surface area contributed by atoms with Crippen molar-refractivity contribution in [3.63, 3.8) is 0 Å². The van der Waals surface area contributed by atoms with Crippen molar-refractivity contribution in [3.05, 3.63) is 118 Å². The van der Waals surface area contributed by atoms with Gasteiger partial charge in [-0.2, -0.15) is 5.26 Å². The second-order valence-corrected chi connectivity index (χ2v) is 12.8. The number of aromatic nitrogens is 1. The summed E-state index contributed by atoms with van der Waals surface area (Å²) in [5, 5.41) is 23.7. The summed E-state index contributed by atoms with van der Waals surface area (Å²) in [6, 6.07) is 28.5. The van der Waals surface area contributed by atoms with Crippen molar-refractivity contribution in [3.8, 4) is 17.2 Å². The third-order valence-corrected chi connectivity index (χ3v) is 9.47. The molecule has 2 aliphatic carbocycles. The summed E-state index contributed by atoms with van der Waals surface area (Å²) >= 11 is 7.90. The molecule has 0 spiro atoms. The highest BCUT2D eigenvalue weighted by Gasteiger charge is 2.46. The first-order valence-electron chi connectivity index (χ1n) is 14.1. The molecule has 1 amide bonds. The Morgan fingerprint density at radius 3 is 2.42 bits per heavy atom. The monoisotopic (exact) mass is 603 g/mol. The van der Waals surface area contributed by atoms with Crippen LogP contribution in [-0.4, -0.2) is 21.6 Å². The van der Waals surface area contributed by atoms with Crippen LogP contribution in [0.25, 0.3) is 22.0 Å². The second-order valence-electron chi connectivity index (χ2n) is 11.2. The van der Waals surface area contributed by atoms with Crippen LogP contribution in [-0.2, 0) is 5.54 Å². The van der Waals surface area contributed by atoms with Crippen LogP contribution in [0.3, 0.4) is 0 Å². The van der Waals surface area contributed by atoms with Crippen molar-refractivity contribution in [1.82, 2.24) is 9.88 Å². The van der Waals surface area contributed by atoms with Gasteiger partial charge < -0.3 is 15.0 Å². The molecule has 0 bridgehead atoms. The van der Waals surface area contributed by atoms with Gasteiger partial charge in [-0.3, -0.25) is 4.79 Å². The molecule has 212 valence electrons. The number of fused-ring (bicyclic) bond motifs is 1. The van der Waals surface area contributed by atoms with Gasteiger partial charge in [0.15, 0.2) is 0 Å². The fourth-order valence-corrected chi connectivity index (χ4v) is 7.01. The van der Waals surface area contributed by atoms with Crippen LogP contribution >= 0.6 is 23.4 Å². The van der Waals surface area contributed by atoms with Gasteiger partial charge in [0.25, 0.3) is 5.91 Å². The lowest BCUT2D eigenvalue weighted by atomic mass is 9.97. The highest BCUT2D eigenvalue weighted by molar-refractivity contribution is 7.99. The van der Waals surface area contributed by atoms with Gasteiger partial charge in [-0.1, -0.05) is 53.7 Å². The average molecular weight is 604 g/mol. The van der Waals surface area contributed by atoms with E-state index in [1.54, 1.807) is 42.1 Å². The van der Waals surface area contributed by atoms with Gasteiger partial charge in [-0.05, 0) is 97.0 Å². The van der Waals surface area contributed by atoms with E-state index in [9.17, 15) is 20.0 Å². The molecule has 0 aliphatic heterocycles. The van der Waals surface area contributed by atoms with E-state index < -0.39 is 11.5 Å². The lowest BCUT2D eigenvalue weighted by Crippen LogP contribution is -2.35. The molecule has 8 heteroatoms. The van der Waals surface area contributed by atoms with E-state index >= 15 is 0 Å². The molecule has 0 saturated heterocycles. The van der Waals surface area contributed by atoms with Crippen molar-refractivity contribution in [2.45, 2.75) is 47.1 Å². The number of carboxylic acids is 1. The Hall–Kier alpha value is -4.51. The summed E-state index contributed by atoms with van der Waals surface area (Å²) in [5.41, 5.74) is 4.39. The summed E-state index contributed by atoms with van der Waals surface area (Å²) in [5.74, 6) is -1.17. The molecule has 43 heavy (non-hydrogen) atoms. The number of rotatable bonds is 8. The van der Waals surface area contributed by atoms with Gasteiger partial charge in [0, 0.05) is 32.4 Å². The number of nitriles is 1. The van der Waals surface area contributed by atoms with E-state index in [0.29, 0.717) is 22.2 Å². The van der Waals surface area contributed by atoms with Gasteiger partial charge in [0.2, 0.25) is 0 Å². The Morgan fingerprint density at radius 2 is 1.74 bits per heavy atom. The first-order valence-corrected chi connectivity index (χ1v) is 15.3. The minimum atomic E-state index is -0.981. The normalized spacial score (nSPS) is 15.2. The summed E-state index contributed by atoms with van der Waals surface area (Å²) in [6.45, 7) is 0. The molecule has 2 aliphatic rings. The fraction of sp³-hybridized carbons (Fsp3) is 0.171. The Morgan fingerprint density at radius 1 is 0.977 bits per heavy atom. The number of amides is 1. The minimum absolute atomic E-state index is 0.190. The van der Waals surface area contributed by atoms with Crippen molar-refractivity contribution in [1.29, 1.82) is 5.26 Å². The van der Waals surface area contributed by atoms with E-state index in [-0.39, 0.29) is 11.5 Å². The zero-order chi connectivity index (χ0) is 29.7. The predicted molar refractivity (Wildman–Crippen MR) is 168 cm³/mol. The molecule has 0 unspecified atom stereocenters. The van der Waals surface area contributed by atoms with Crippen LogP contribution in [0.2, 0.25) is 5.02 Å². The summed E-state index contributed by atoms with van der Waals surface area (Å²) in [4.78, 5) is 27.7. The van der Waals surface area contributed by atoms with Crippen LogP contribution in [0.5, 0.6) is 0 Å². The number of aromatic carboxylic acids is 1. The maximum absolute atomic E-state index is 14.3. The zero-order valence-corrected chi connectivity index (χ0v) is 24.6. The molecule has 0 atom stereocenters. The third-order valence-electron chi connectivity index (χ3n) is 8.22. The van der Waals surface area contributed by atoms with E-state index in [0.717, 1.165) is 63.1 Å². The Labute approximate surface area is 257 Å². The molecule has 5 aromatic rings. The molecule has 4 aromatic carbocycles. The minimum Gasteiger partial charge on any atom is -0.478 e. The molecule has 1 aromatic heterocycles. The number of halogens is 1. The molecule has 2 saturated carbocycles.